The number of hydrogen-bond acceptors (Lipinski definition) is 7. The zero-order valence-corrected chi connectivity index (χ0v) is 46.5. The summed E-state index contributed by atoms with van der Waals surface area (Å²) in [6, 6.07) is 0. The van der Waals surface area contributed by atoms with Gasteiger partial charge in [0.05, 0.1) is 34.4 Å². The van der Waals surface area contributed by atoms with E-state index in [1.807, 2.05) is 21.1 Å². The summed E-state index contributed by atoms with van der Waals surface area (Å²) in [4.78, 5) is 25.3. The lowest BCUT2D eigenvalue weighted by atomic mass is 10.0. The minimum Gasteiger partial charge on any atom is -0.756 e. The Hall–Kier alpha value is -1.54. The molecule has 0 aliphatic rings. The molecule has 400 valence electrons. The second-order valence-corrected chi connectivity index (χ2v) is 22.0. The predicted molar refractivity (Wildman–Crippen MR) is 291 cm³/mol. The van der Waals surface area contributed by atoms with Crippen molar-refractivity contribution in [2.75, 3.05) is 54.1 Å². The minimum atomic E-state index is -4.54. The topological polar surface area (TPSA) is 94.1 Å². The molecular weight excluding hydrogens is 866 g/mol. The molecule has 0 aliphatic carbocycles. The molecule has 0 amide bonds. The number of carbonyl (C=O) groups excluding carboxylic acids is 1. The van der Waals surface area contributed by atoms with Gasteiger partial charge in [0.1, 0.15) is 19.3 Å². The fraction of sp³-hybridized carbons (Fsp3) is 0.847. The van der Waals surface area contributed by atoms with Crippen LogP contribution in [0.1, 0.15) is 264 Å². The highest BCUT2D eigenvalue weighted by Crippen LogP contribution is 2.38. The highest BCUT2D eigenvalue weighted by molar-refractivity contribution is 7.45. The first-order valence-electron chi connectivity index (χ1n) is 28.9. The van der Waals surface area contributed by atoms with Gasteiger partial charge < -0.3 is 27.9 Å². The van der Waals surface area contributed by atoms with Crippen LogP contribution in [0.4, 0.5) is 0 Å². The van der Waals surface area contributed by atoms with Crippen LogP contribution >= 0.6 is 7.82 Å². The van der Waals surface area contributed by atoms with Crippen LogP contribution in [0, 0.1) is 0 Å². The number of carbonyl (C=O) groups is 1. The molecule has 0 saturated carbocycles. The summed E-state index contributed by atoms with van der Waals surface area (Å²) in [5.41, 5.74) is 0. The molecule has 68 heavy (non-hydrogen) atoms. The van der Waals surface area contributed by atoms with Crippen molar-refractivity contribution in [2.45, 2.75) is 270 Å². The van der Waals surface area contributed by atoms with E-state index in [1.54, 1.807) is 0 Å². The Bertz CT molecular complexity index is 1230. The van der Waals surface area contributed by atoms with Crippen molar-refractivity contribution >= 4 is 13.8 Å². The van der Waals surface area contributed by atoms with Crippen molar-refractivity contribution in [3.8, 4) is 0 Å². The van der Waals surface area contributed by atoms with Gasteiger partial charge in [0.2, 0.25) is 0 Å². The summed E-state index contributed by atoms with van der Waals surface area (Å²) in [5, 5.41) is 0. The van der Waals surface area contributed by atoms with Crippen LogP contribution in [0.5, 0.6) is 0 Å². The van der Waals surface area contributed by atoms with E-state index < -0.39 is 13.9 Å². The quantitative estimate of drug-likeness (QED) is 0.0197. The molecule has 0 rings (SSSR count). The standard InChI is InChI=1S/C59H112NO7P/c1-6-8-10-12-14-16-18-20-22-24-26-28-30-32-34-36-38-40-42-44-46-48-50-52-59(61)67-58(57-66-68(62,63)65-55-53-60(3,4)5)56-64-54-51-49-47-45-43-41-39-37-35-33-31-29-27-25-23-21-19-17-15-13-11-9-7-2/h8,10,14,16,20,22,26,28,58H,6-7,9,11-13,15,17-19,21,23-25,27,29-57H2,1-5H3/b10-8-,16-14-,22-20-,28-26-. The number of phosphoric acid groups is 1. The highest BCUT2D eigenvalue weighted by Gasteiger charge is 2.20. The van der Waals surface area contributed by atoms with Crippen LogP contribution in [-0.2, 0) is 27.9 Å². The monoisotopic (exact) mass is 978 g/mol. The Kier molecular flexibility index (Phi) is 50.6. The largest absolute Gasteiger partial charge is 0.756 e. The Morgan fingerprint density at radius 1 is 0.471 bits per heavy atom. The summed E-state index contributed by atoms with van der Waals surface area (Å²) in [6.07, 6.45) is 65.8. The number of nitrogens with zero attached hydrogens (tertiary/aromatic N) is 1. The third kappa shape index (κ3) is 55.4. The number of unbranched alkanes of at least 4 members (excludes halogenated alkanes) is 32. The van der Waals surface area contributed by atoms with E-state index >= 15 is 0 Å². The van der Waals surface area contributed by atoms with Crippen LogP contribution in [0.3, 0.4) is 0 Å². The third-order valence-corrected chi connectivity index (χ3v) is 13.6. The number of likely N-dealkylation sites (N-methyl/N-ethyl adjacent to an activating group) is 1. The van der Waals surface area contributed by atoms with Gasteiger partial charge in [-0.15, -0.1) is 0 Å². The van der Waals surface area contributed by atoms with Crippen molar-refractivity contribution in [1.82, 2.24) is 0 Å². The van der Waals surface area contributed by atoms with E-state index in [4.69, 9.17) is 18.5 Å². The lowest BCUT2D eigenvalue weighted by Crippen LogP contribution is -2.37. The smallest absolute Gasteiger partial charge is 0.306 e. The molecule has 0 bridgehead atoms. The molecule has 0 spiro atoms. The lowest BCUT2D eigenvalue weighted by molar-refractivity contribution is -0.870. The Morgan fingerprint density at radius 3 is 1.28 bits per heavy atom. The van der Waals surface area contributed by atoms with Gasteiger partial charge in [0.15, 0.2) is 0 Å². The number of allylic oxidation sites excluding steroid dienone is 8. The molecule has 2 atom stereocenters. The first kappa shape index (κ1) is 66.5. The summed E-state index contributed by atoms with van der Waals surface area (Å²) in [6.45, 7) is 5.35. The van der Waals surface area contributed by atoms with Crippen LogP contribution < -0.4 is 4.89 Å². The number of esters is 1. The fourth-order valence-electron chi connectivity index (χ4n) is 8.25. The normalized spacial score (nSPS) is 13.8. The van der Waals surface area contributed by atoms with Gasteiger partial charge in [-0.25, -0.2) is 0 Å². The molecule has 9 heteroatoms. The zero-order chi connectivity index (χ0) is 49.8. The van der Waals surface area contributed by atoms with Gasteiger partial charge >= 0.3 is 5.97 Å². The second-order valence-electron chi connectivity index (χ2n) is 20.6. The van der Waals surface area contributed by atoms with E-state index in [1.165, 1.54) is 186 Å². The first-order valence-corrected chi connectivity index (χ1v) is 30.3. The molecule has 0 aromatic heterocycles. The van der Waals surface area contributed by atoms with Crippen molar-refractivity contribution < 1.29 is 37.3 Å². The van der Waals surface area contributed by atoms with Crippen molar-refractivity contribution in [3.05, 3.63) is 48.6 Å². The Labute approximate surface area is 422 Å². The van der Waals surface area contributed by atoms with Crippen molar-refractivity contribution in [3.63, 3.8) is 0 Å². The van der Waals surface area contributed by atoms with Gasteiger partial charge in [-0.3, -0.25) is 9.36 Å². The zero-order valence-electron chi connectivity index (χ0n) is 45.6. The average molecular weight is 979 g/mol. The van der Waals surface area contributed by atoms with Crippen LogP contribution in [0.25, 0.3) is 0 Å². The molecular formula is C59H112NO7P. The lowest BCUT2D eigenvalue weighted by Gasteiger charge is -2.28. The van der Waals surface area contributed by atoms with Gasteiger partial charge in [0.25, 0.3) is 7.82 Å². The van der Waals surface area contributed by atoms with E-state index in [0.29, 0.717) is 24.1 Å². The molecule has 0 radical (unpaired) electrons. The maximum Gasteiger partial charge on any atom is 0.306 e. The Balaban J connectivity index is 4.06. The van der Waals surface area contributed by atoms with Gasteiger partial charge in [-0.2, -0.15) is 0 Å². The molecule has 2 unspecified atom stereocenters. The maximum atomic E-state index is 12.8. The SMILES string of the molecule is CC/C=C\C/C=C\C/C=C\C/C=C\CCCCCCCCCCCCC(=O)OC(COCCCCCCCCCCCCCCCCCCCCCCCCC)COP(=O)([O-])OCC[N+](C)(C)C. The molecule has 0 N–H and O–H groups in total. The van der Waals surface area contributed by atoms with Crippen LogP contribution in [0.15, 0.2) is 48.6 Å². The van der Waals surface area contributed by atoms with Crippen molar-refractivity contribution in [2.24, 2.45) is 0 Å². The molecule has 0 aromatic carbocycles. The Morgan fingerprint density at radius 2 is 0.853 bits per heavy atom. The number of phosphoric ester groups is 1. The highest BCUT2D eigenvalue weighted by atomic mass is 31.2. The predicted octanol–water partition coefficient (Wildman–Crippen LogP) is 17.6. The first-order chi connectivity index (χ1) is 33.1. The fourth-order valence-corrected chi connectivity index (χ4v) is 8.98. The van der Waals surface area contributed by atoms with Gasteiger partial charge in [0, 0.05) is 13.0 Å². The summed E-state index contributed by atoms with van der Waals surface area (Å²) in [7, 11) is 1.36. The summed E-state index contributed by atoms with van der Waals surface area (Å²) < 4.78 is 34.9. The maximum absolute atomic E-state index is 12.8. The van der Waals surface area contributed by atoms with Crippen LogP contribution in [-0.4, -0.2) is 70.7 Å². The molecule has 0 aliphatic heterocycles. The second kappa shape index (κ2) is 51.8. The number of rotatable bonds is 54. The van der Waals surface area contributed by atoms with Crippen LogP contribution in [0.2, 0.25) is 0 Å². The van der Waals surface area contributed by atoms with E-state index in [2.05, 4.69) is 62.5 Å². The third-order valence-electron chi connectivity index (χ3n) is 12.6. The minimum absolute atomic E-state index is 0.0258. The summed E-state index contributed by atoms with van der Waals surface area (Å²) >= 11 is 0. The number of hydrogen-bond donors (Lipinski definition) is 0. The van der Waals surface area contributed by atoms with Gasteiger partial charge in [-0.05, 0) is 51.4 Å². The molecule has 0 heterocycles. The molecule has 8 nitrogen and oxygen atoms in total. The number of ether oxygens (including phenoxy) is 2. The van der Waals surface area contributed by atoms with Crippen molar-refractivity contribution in [1.29, 1.82) is 0 Å². The molecule has 0 aromatic rings. The average Bonchev–Trinajstić information content (AvgIpc) is 3.30. The number of quaternary nitrogens is 1. The molecule has 0 fully saturated rings. The van der Waals surface area contributed by atoms with E-state index in [9.17, 15) is 14.3 Å². The van der Waals surface area contributed by atoms with Gasteiger partial charge in [-0.1, -0.05) is 255 Å². The van der Waals surface area contributed by atoms with E-state index in [-0.39, 0.29) is 25.8 Å². The molecule has 0 saturated heterocycles. The summed E-state index contributed by atoms with van der Waals surface area (Å²) in [5.74, 6) is -0.334. The van der Waals surface area contributed by atoms with E-state index in [0.717, 1.165) is 57.8 Å².